The third-order valence-electron chi connectivity index (χ3n) is 3.75. The number of rotatable bonds is 12. The Bertz CT molecular complexity index is 656. The van der Waals surface area contributed by atoms with Crippen molar-refractivity contribution >= 4 is 80.6 Å². The van der Waals surface area contributed by atoms with Crippen molar-refractivity contribution in [3.8, 4) is 0 Å². The van der Waals surface area contributed by atoms with E-state index in [1.165, 1.54) is 12.8 Å². The van der Waals surface area contributed by atoms with Crippen LogP contribution in [0.1, 0.15) is 46.0 Å². The number of hydrogen-bond donors (Lipinski definition) is 1. The largest absolute Gasteiger partial charge is 0.350 e. The second kappa shape index (κ2) is 14.5. The van der Waals surface area contributed by atoms with Crippen LogP contribution < -0.4 is 10.4 Å². The number of anilines is 2. The van der Waals surface area contributed by atoms with E-state index in [4.69, 9.17) is 64.1 Å². The summed E-state index contributed by atoms with van der Waals surface area (Å²) < 4.78 is 0. The summed E-state index contributed by atoms with van der Waals surface area (Å²) in [5.41, 5.74) is 1.64. The third-order valence-corrected chi connectivity index (χ3v) is 5.59. The molecular weight excluding hydrogens is 455 g/mol. The zero-order valence-corrected chi connectivity index (χ0v) is 20.1. The third kappa shape index (κ3) is 9.86. The Hall–Kier alpha value is -0.430. The summed E-state index contributed by atoms with van der Waals surface area (Å²) >= 11 is 28.5. The summed E-state index contributed by atoms with van der Waals surface area (Å²) in [4.78, 5) is 6.44. The smallest absolute Gasteiger partial charge is 0.132 e. The summed E-state index contributed by atoms with van der Waals surface area (Å²) in [5, 5.41) is 4.39. The van der Waals surface area contributed by atoms with Gasteiger partial charge in [0.25, 0.3) is 0 Å². The van der Waals surface area contributed by atoms with Gasteiger partial charge in [0.15, 0.2) is 0 Å². The molecule has 0 aliphatic heterocycles. The van der Waals surface area contributed by atoms with E-state index in [9.17, 15) is 0 Å². The summed E-state index contributed by atoms with van der Waals surface area (Å²) in [5.74, 6) is 0. The number of unbranched alkanes of at least 4 members (excludes halogenated alkanes) is 3. The van der Waals surface area contributed by atoms with Gasteiger partial charge >= 0.3 is 0 Å². The first kappa shape index (κ1) is 25.6. The summed E-state index contributed by atoms with van der Waals surface area (Å²) in [6.45, 7) is 4.71. The Labute approximate surface area is 194 Å². The molecule has 1 aromatic rings. The molecule has 1 unspecified atom stereocenters. The molecule has 1 atom stereocenters. The van der Waals surface area contributed by atoms with Crippen molar-refractivity contribution in [2.24, 2.45) is 0 Å². The maximum Gasteiger partial charge on any atom is 0.132 e. The molecule has 3 nitrogen and oxygen atoms in total. The minimum Gasteiger partial charge on any atom is -0.350 e. The monoisotopic (exact) mass is 480 g/mol. The van der Waals surface area contributed by atoms with Crippen LogP contribution in [0, 0.1) is 0 Å². The van der Waals surface area contributed by atoms with Gasteiger partial charge in [-0.15, -0.1) is 34.8 Å². The molecular formula is C20H27Cl3N2OS2. The van der Waals surface area contributed by atoms with E-state index >= 15 is 0 Å². The standard InChI is InChI=1S/C20H27Cl3N2OS2/c1-3-5-6-7-12-26-25(19(28)9-4-2)16-11-8-10-15(13-16)24-18(27)14-17(21)20(22)23/h4,8-11,13,17,20H,3,5-7,12,14H2,1-2H3,(H,24,27)/b9-4+. The lowest BCUT2D eigenvalue weighted by Gasteiger charge is -2.24. The predicted octanol–water partition coefficient (Wildman–Crippen LogP) is 7.45. The van der Waals surface area contributed by atoms with E-state index in [2.05, 4.69) is 12.2 Å². The van der Waals surface area contributed by atoms with Crippen molar-refractivity contribution in [2.45, 2.75) is 56.2 Å². The normalized spacial score (nSPS) is 12.4. The van der Waals surface area contributed by atoms with Gasteiger partial charge in [0.1, 0.15) is 9.82 Å². The Morgan fingerprint density at radius 3 is 2.61 bits per heavy atom. The molecule has 0 aliphatic rings. The van der Waals surface area contributed by atoms with Crippen molar-refractivity contribution in [2.75, 3.05) is 17.0 Å². The zero-order valence-electron chi connectivity index (χ0n) is 16.2. The number of nitrogens with one attached hydrogen (secondary N) is 1. The van der Waals surface area contributed by atoms with Gasteiger partial charge in [-0.25, -0.2) is 5.06 Å². The maximum atomic E-state index is 6.08. The number of thiocarbonyl (C=S) groups is 2. The van der Waals surface area contributed by atoms with Crippen LogP contribution in [0.5, 0.6) is 0 Å². The van der Waals surface area contributed by atoms with Crippen LogP contribution in [-0.2, 0) is 4.84 Å². The van der Waals surface area contributed by atoms with Crippen molar-refractivity contribution in [3.63, 3.8) is 0 Å². The fourth-order valence-electron chi connectivity index (χ4n) is 2.35. The molecule has 0 aliphatic carbocycles. The van der Waals surface area contributed by atoms with Crippen LogP contribution >= 0.6 is 59.2 Å². The highest BCUT2D eigenvalue weighted by Gasteiger charge is 2.16. The number of hydrogen-bond acceptors (Lipinski definition) is 3. The Morgan fingerprint density at radius 2 is 1.96 bits per heavy atom. The van der Waals surface area contributed by atoms with Crippen LogP contribution in [0.25, 0.3) is 0 Å². The van der Waals surface area contributed by atoms with E-state index in [-0.39, 0.29) is 0 Å². The second-order valence-corrected chi connectivity index (χ2v) is 8.82. The summed E-state index contributed by atoms with van der Waals surface area (Å²) in [6, 6.07) is 7.69. The minimum atomic E-state index is -0.678. The van der Waals surface area contributed by atoms with Crippen molar-refractivity contribution in [3.05, 3.63) is 36.4 Å². The van der Waals surface area contributed by atoms with Gasteiger partial charge in [-0.05, 0) is 37.6 Å². The van der Waals surface area contributed by atoms with Crippen LogP contribution in [0.15, 0.2) is 36.4 Å². The number of hydroxylamine groups is 1. The highest BCUT2D eigenvalue weighted by Crippen LogP contribution is 2.23. The fraction of sp³-hybridized carbons (Fsp3) is 0.500. The zero-order chi connectivity index (χ0) is 20.9. The molecule has 0 radical (unpaired) electrons. The Balaban J connectivity index is 2.82. The van der Waals surface area contributed by atoms with Gasteiger partial charge in [0, 0.05) is 12.1 Å². The summed E-state index contributed by atoms with van der Waals surface area (Å²) in [6.07, 6.45) is 8.62. The molecule has 1 rings (SSSR count). The first-order chi connectivity index (χ1) is 13.4. The van der Waals surface area contributed by atoms with Crippen LogP contribution in [0.4, 0.5) is 11.4 Å². The number of benzene rings is 1. The van der Waals surface area contributed by atoms with Crippen LogP contribution in [0.3, 0.4) is 0 Å². The van der Waals surface area contributed by atoms with E-state index in [1.54, 1.807) is 5.06 Å². The highest BCUT2D eigenvalue weighted by molar-refractivity contribution is 7.81. The number of halogens is 3. The van der Waals surface area contributed by atoms with Gasteiger partial charge in [-0.3, -0.25) is 4.84 Å². The first-order valence-electron chi connectivity index (χ1n) is 9.30. The SMILES string of the molecule is C/C=C/C(=S)N(OCCCCCC)c1cccc(NC(=S)CC(Cl)C(Cl)Cl)c1. The number of nitrogens with zero attached hydrogens (tertiary/aromatic N) is 1. The van der Waals surface area contributed by atoms with E-state index < -0.39 is 10.2 Å². The molecule has 28 heavy (non-hydrogen) atoms. The molecule has 0 heterocycles. The average molecular weight is 482 g/mol. The molecule has 1 N–H and O–H groups in total. The lowest BCUT2D eigenvalue weighted by Crippen LogP contribution is -2.29. The molecule has 1 aromatic carbocycles. The fourth-order valence-corrected chi connectivity index (χ4v) is 3.36. The number of alkyl halides is 3. The van der Waals surface area contributed by atoms with E-state index in [0.29, 0.717) is 23.0 Å². The molecule has 0 spiro atoms. The average Bonchev–Trinajstić information content (AvgIpc) is 2.64. The molecule has 0 amide bonds. The molecule has 0 bridgehead atoms. The Morgan fingerprint density at radius 1 is 1.21 bits per heavy atom. The first-order valence-corrected chi connectivity index (χ1v) is 11.4. The Kier molecular flexibility index (Phi) is 13.3. The minimum absolute atomic E-state index is 0.382. The summed E-state index contributed by atoms with van der Waals surface area (Å²) in [7, 11) is 0. The maximum absolute atomic E-state index is 6.08. The highest BCUT2D eigenvalue weighted by atomic mass is 35.5. The van der Waals surface area contributed by atoms with Gasteiger partial charge < -0.3 is 5.32 Å². The predicted molar refractivity (Wildman–Crippen MR) is 132 cm³/mol. The molecule has 0 saturated carbocycles. The quantitative estimate of drug-likeness (QED) is 0.110. The molecule has 0 saturated heterocycles. The van der Waals surface area contributed by atoms with Gasteiger partial charge in [0.05, 0.1) is 22.7 Å². The van der Waals surface area contributed by atoms with Gasteiger partial charge in [-0.2, -0.15) is 0 Å². The lowest BCUT2D eigenvalue weighted by molar-refractivity contribution is 0.140. The van der Waals surface area contributed by atoms with Gasteiger partial charge in [0.2, 0.25) is 0 Å². The van der Waals surface area contributed by atoms with Crippen molar-refractivity contribution < 1.29 is 4.84 Å². The molecule has 0 aromatic heterocycles. The van der Waals surface area contributed by atoms with Crippen LogP contribution in [0.2, 0.25) is 0 Å². The topological polar surface area (TPSA) is 24.5 Å². The molecule has 0 fully saturated rings. The van der Waals surface area contributed by atoms with E-state index in [0.717, 1.165) is 24.2 Å². The molecule has 156 valence electrons. The van der Waals surface area contributed by atoms with Crippen molar-refractivity contribution in [1.29, 1.82) is 0 Å². The second-order valence-electron chi connectivity index (χ2n) is 6.18. The lowest BCUT2D eigenvalue weighted by atomic mass is 10.2. The van der Waals surface area contributed by atoms with Gasteiger partial charge in [-0.1, -0.05) is 62.8 Å². The molecule has 8 heteroatoms. The van der Waals surface area contributed by atoms with E-state index in [1.807, 2.05) is 43.3 Å². The number of allylic oxidation sites excluding steroid dienone is 1. The van der Waals surface area contributed by atoms with Crippen molar-refractivity contribution in [1.82, 2.24) is 0 Å². The van der Waals surface area contributed by atoms with Crippen LogP contribution in [-0.4, -0.2) is 26.8 Å².